The third-order valence-corrected chi connectivity index (χ3v) is 7.82. The molecule has 0 amide bonds. The first-order valence-electron chi connectivity index (χ1n) is 14.5. The summed E-state index contributed by atoms with van der Waals surface area (Å²) in [6.07, 6.45) is 4.45. The Labute approximate surface area is 220 Å². The number of hydrogen-bond donors (Lipinski definition) is 0. The molecule has 1 aliphatic rings. The molecule has 0 spiro atoms. The Balaban J connectivity index is 0.000000263. The molecule has 2 atom stereocenters. The molecule has 2 aromatic rings. The molecule has 0 heteroatoms. The van der Waals surface area contributed by atoms with Crippen LogP contribution in [0.3, 0.4) is 0 Å². The van der Waals surface area contributed by atoms with E-state index < -0.39 is 0 Å². The molecule has 2 aromatic carbocycles. The van der Waals surface area contributed by atoms with Crippen LogP contribution in [0.25, 0.3) is 0 Å². The van der Waals surface area contributed by atoms with Gasteiger partial charge in [0, 0.05) is 0 Å². The molecular formula is C35H58. The Morgan fingerprint density at radius 3 is 1.14 bits per heavy atom. The lowest BCUT2D eigenvalue weighted by molar-refractivity contribution is 0.235. The predicted molar refractivity (Wildman–Crippen MR) is 160 cm³/mol. The summed E-state index contributed by atoms with van der Waals surface area (Å²) in [5, 5.41) is 0. The van der Waals surface area contributed by atoms with Crippen molar-refractivity contribution in [3.63, 3.8) is 0 Å². The lowest BCUT2D eigenvalue weighted by atomic mass is 9.80. The largest absolute Gasteiger partial charge is 0.0625 e. The Morgan fingerprint density at radius 1 is 0.486 bits per heavy atom. The third-order valence-electron chi connectivity index (χ3n) is 7.82. The zero-order valence-corrected chi connectivity index (χ0v) is 25.4. The van der Waals surface area contributed by atoms with Crippen molar-refractivity contribution in [1.29, 1.82) is 0 Å². The van der Waals surface area contributed by atoms with Crippen LogP contribution in [0.2, 0.25) is 0 Å². The SMILES string of the molecule is CC(C)C1CCCC1C(C)C.CC(C)c1cccc(C(C)C)c1.CC(C)c1ccccc1C(C)C. The molecule has 1 aliphatic carbocycles. The average Bonchev–Trinajstić information content (AvgIpc) is 3.31. The minimum Gasteiger partial charge on any atom is -0.0625 e. The molecule has 1 fully saturated rings. The van der Waals surface area contributed by atoms with Crippen molar-refractivity contribution >= 4 is 0 Å². The monoisotopic (exact) mass is 478 g/mol. The first-order valence-corrected chi connectivity index (χ1v) is 14.5. The molecule has 0 saturated heterocycles. The van der Waals surface area contributed by atoms with Crippen molar-refractivity contribution in [2.75, 3.05) is 0 Å². The van der Waals surface area contributed by atoms with E-state index >= 15 is 0 Å². The maximum absolute atomic E-state index is 2.38. The highest BCUT2D eigenvalue weighted by Crippen LogP contribution is 2.40. The van der Waals surface area contributed by atoms with E-state index in [9.17, 15) is 0 Å². The zero-order chi connectivity index (χ0) is 26.7. The number of rotatable bonds is 6. The van der Waals surface area contributed by atoms with Crippen LogP contribution in [0.15, 0.2) is 48.5 Å². The maximum atomic E-state index is 2.38. The molecule has 198 valence electrons. The molecule has 35 heavy (non-hydrogen) atoms. The number of benzene rings is 2. The van der Waals surface area contributed by atoms with Crippen molar-refractivity contribution in [2.24, 2.45) is 23.7 Å². The van der Waals surface area contributed by atoms with Gasteiger partial charge in [-0.15, -0.1) is 0 Å². The summed E-state index contributed by atoms with van der Waals surface area (Å²) >= 11 is 0. The van der Waals surface area contributed by atoms with E-state index in [1.165, 1.54) is 41.5 Å². The van der Waals surface area contributed by atoms with Crippen LogP contribution in [0, 0.1) is 23.7 Å². The summed E-state index contributed by atoms with van der Waals surface area (Å²) in [5.41, 5.74) is 5.88. The van der Waals surface area contributed by atoms with E-state index in [1.54, 1.807) is 0 Å². The van der Waals surface area contributed by atoms with Gasteiger partial charge >= 0.3 is 0 Å². The van der Waals surface area contributed by atoms with Crippen LogP contribution >= 0.6 is 0 Å². The molecular weight excluding hydrogens is 420 g/mol. The zero-order valence-electron chi connectivity index (χ0n) is 25.4. The van der Waals surface area contributed by atoms with Gasteiger partial charge in [-0.05, 0) is 82.4 Å². The maximum Gasteiger partial charge on any atom is -0.0216 e. The highest BCUT2D eigenvalue weighted by molar-refractivity contribution is 5.32. The molecule has 1 saturated carbocycles. The van der Waals surface area contributed by atoms with E-state index in [1.807, 2.05) is 0 Å². The minimum absolute atomic E-state index is 0.642. The van der Waals surface area contributed by atoms with Crippen molar-refractivity contribution in [3.8, 4) is 0 Å². The number of hydrogen-bond acceptors (Lipinski definition) is 0. The van der Waals surface area contributed by atoms with E-state index in [2.05, 4.69) is 132 Å². The van der Waals surface area contributed by atoms with E-state index in [-0.39, 0.29) is 0 Å². The summed E-state index contributed by atoms with van der Waals surface area (Å²) in [5.74, 6) is 6.43. The van der Waals surface area contributed by atoms with E-state index in [0.717, 1.165) is 23.7 Å². The second kappa shape index (κ2) is 15.5. The normalized spacial score (nSPS) is 17.8. The van der Waals surface area contributed by atoms with Gasteiger partial charge in [-0.2, -0.15) is 0 Å². The lowest BCUT2D eigenvalue weighted by Gasteiger charge is -2.26. The highest BCUT2D eigenvalue weighted by Gasteiger charge is 2.31. The van der Waals surface area contributed by atoms with E-state index in [4.69, 9.17) is 0 Å². The lowest BCUT2D eigenvalue weighted by Crippen LogP contribution is -2.18. The summed E-state index contributed by atoms with van der Waals surface area (Å²) in [4.78, 5) is 0. The van der Waals surface area contributed by atoms with Crippen molar-refractivity contribution in [2.45, 2.75) is 126 Å². The molecule has 0 bridgehead atoms. The van der Waals surface area contributed by atoms with Crippen LogP contribution in [0.5, 0.6) is 0 Å². The highest BCUT2D eigenvalue weighted by atomic mass is 14.4. The molecule has 0 nitrogen and oxygen atoms in total. The Bertz CT molecular complexity index is 757. The fourth-order valence-electron chi connectivity index (χ4n) is 5.51. The molecule has 0 heterocycles. The van der Waals surface area contributed by atoms with Crippen LogP contribution in [-0.2, 0) is 0 Å². The fourth-order valence-corrected chi connectivity index (χ4v) is 5.51. The van der Waals surface area contributed by atoms with Crippen LogP contribution in [0.1, 0.15) is 148 Å². The topological polar surface area (TPSA) is 0 Å². The fraction of sp³-hybridized carbons (Fsp3) is 0.657. The van der Waals surface area contributed by atoms with Gasteiger partial charge in [0.05, 0.1) is 0 Å². The van der Waals surface area contributed by atoms with Gasteiger partial charge < -0.3 is 0 Å². The van der Waals surface area contributed by atoms with Gasteiger partial charge in [0.1, 0.15) is 0 Å². The average molecular weight is 479 g/mol. The van der Waals surface area contributed by atoms with Crippen LogP contribution in [-0.4, -0.2) is 0 Å². The third kappa shape index (κ3) is 10.5. The van der Waals surface area contributed by atoms with Gasteiger partial charge in [0.2, 0.25) is 0 Å². The Morgan fingerprint density at radius 2 is 0.857 bits per heavy atom. The second-order valence-corrected chi connectivity index (χ2v) is 12.7. The quantitative estimate of drug-likeness (QED) is 0.387. The minimum atomic E-state index is 0.642. The molecule has 0 aliphatic heterocycles. The summed E-state index contributed by atoms with van der Waals surface area (Å²) in [7, 11) is 0. The van der Waals surface area contributed by atoms with Crippen molar-refractivity contribution < 1.29 is 0 Å². The molecule has 0 aromatic heterocycles. The molecule has 2 unspecified atom stereocenters. The summed E-state index contributed by atoms with van der Waals surface area (Å²) in [6.45, 7) is 27.5. The van der Waals surface area contributed by atoms with Gasteiger partial charge in [0.25, 0.3) is 0 Å². The van der Waals surface area contributed by atoms with Crippen molar-refractivity contribution in [1.82, 2.24) is 0 Å². The van der Waals surface area contributed by atoms with Gasteiger partial charge in [-0.3, -0.25) is 0 Å². The summed E-state index contributed by atoms with van der Waals surface area (Å²) < 4.78 is 0. The Kier molecular flexibility index (Phi) is 14.0. The van der Waals surface area contributed by atoms with Gasteiger partial charge in [-0.1, -0.05) is 138 Å². The molecule has 0 radical (unpaired) electrons. The first-order chi connectivity index (χ1) is 16.4. The predicted octanol–water partition coefficient (Wildman–Crippen LogP) is 11.6. The smallest absolute Gasteiger partial charge is 0.0216 e. The van der Waals surface area contributed by atoms with E-state index in [0.29, 0.717) is 23.7 Å². The first kappa shape index (κ1) is 31.5. The molecule has 3 rings (SSSR count). The van der Waals surface area contributed by atoms with Crippen LogP contribution < -0.4 is 0 Å². The van der Waals surface area contributed by atoms with Crippen molar-refractivity contribution in [3.05, 3.63) is 70.8 Å². The molecule has 0 N–H and O–H groups in total. The second-order valence-electron chi connectivity index (χ2n) is 12.7. The van der Waals surface area contributed by atoms with Gasteiger partial charge in [0.15, 0.2) is 0 Å². The summed E-state index contributed by atoms with van der Waals surface area (Å²) in [6, 6.07) is 17.6. The standard InChI is InChI=1S/2C12H18.C11H22/c1-9(2)11-6-5-7-12(8-11)10(3)4;1-9(2)11-7-5-6-8-12(11)10(3)4;1-8(2)10-6-5-7-11(10)9(3)4/h2*5-10H,1-4H3;8-11H,5-7H2,1-4H3. The Hall–Kier alpha value is -1.56. The van der Waals surface area contributed by atoms with Gasteiger partial charge in [-0.25, -0.2) is 0 Å². The van der Waals surface area contributed by atoms with Crippen LogP contribution in [0.4, 0.5) is 0 Å².